The number of fused-ring (bicyclic) bond motifs is 2. The topological polar surface area (TPSA) is 237 Å². The molecule has 1 saturated carbocycles. The molecule has 51 heavy (non-hydrogen) atoms. The Balaban J connectivity index is 1.04. The first kappa shape index (κ1) is 34.9. The molecule has 20 heteroatoms. The Hall–Kier alpha value is -4.51. The predicted octanol–water partition coefficient (Wildman–Crippen LogP) is 2.22. The molecule has 7 atom stereocenters. The first-order chi connectivity index (χ1) is 24.8. The van der Waals surface area contributed by atoms with Gasteiger partial charge in [0, 0.05) is 30.6 Å². The number of benzene rings is 1. The van der Waals surface area contributed by atoms with Crippen LogP contribution in [0.2, 0.25) is 0 Å². The fourth-order valence-corrected chi connectivity index (χ4v) is 8.57. The highest BCUT2D eigenvalue weighted by atomic mass is 32.5. The summed E-state index contributed by atoms with van der Waals surface area (Å²) in [7, 11) is 0. The van der Waals surface area contributed by atoms with Gasteiger partial charge in [-0.2, -0.15) is 5.26 Å². The lowest BCUT2D eigenvalue weighted by molar-refractivity contribution is -0.0450. The van der Waals surface area contributed by atoms with Crippen LogP contribution in [0.25, 0.3) is 22.3 Å². The number of imidazole rings is 2. The number of aliphatic hydroxyl groups is 2. The highest BCUT2D eigenvalue weighted by Gasteiger charge is 2.45. The molecule has 1 unspecified atom stereocenters. The number of aromatic amines is 1. The number of carbonyl (C=O) groups excluding carboxylic acids is 1. The second-order valence-corrected chi connectivity index (χ2v) is 15.0. The third-order valence-corrected chi connectivity index (χ3v) is 11.4. The number of aliphatic hydroxyl groups excluding tert-OH is 2. The van der Waals surface area contributed by atoms with Gasteiger partial charge in [-0.25, -0.2) is 24.9 Å². The Kier molecular flexibility index (Phi) is 10.3. The first-order valence-electron chi connectivity index (χ1n) is 16.1. The maximum absolute atomic E-state index is 12.8. The van der Waals surface area contributed by atoms with E-state index in [9.17, 15) is 19.8 Å². The van der Waals surface area contributed by atoms with Crippen LogP contribution in [0, 0.1) is 23.2 Å². The SMILES string of the molecule is N#CCCOP(=S)(OC[C@H]1C[C@@H](n2cnc3c(=O)[nH]cnc32)[C@@H]1CO)O[C@H]1C[C@H](n2cnc3c(NC(=O)c4ccccc4)ncnc32)O[C@@H]1CO. The lowest BCUT2D eigenvalue weighted by Gasteiger charge is -2.44. The summed E-state index contributed by atoms with van der Waals surface area (Å²) in [4.78, 5) is 48.9. The minimum absolute atomic E-state index is 0.0346. The molecule has 5 heterocycles. The molecule has 1 amide bonds. The van der Waals surface area contributed by atoms with Crippen molar-refractivity contribution in [3.8, 4) is 6.07 Å². The zero-order valence-corrected chi connectivity index (χ0v) is 28.6. The maximum atomic E-state index is 12.8. The number of nitrogens with zero attached hydrogens (tertiary/aromatic N) is 8. The summed E-state index contributed by atoms with van der Waals surface area (Å²) in [5, 5.41) is 32.5. The van der Waals surface area contributed by atoms with Gasteiger partial charge in [0.25, 0.3) is 11.5 Å². The standard InChI is InChI=1S/C31H33N10O8PS/c32-7-4-8-46-50(51,47-13-19-9-21(20(19)11-42)40-16-38-26-29(40)35-15-36-31(26)45)49-22-10-24(48-23(22)12-43)41-17-37-25-27(33-14-34-28(25)41)39-30(44)18-5-2-1-3-6-18/h1-3,5-6,14-17,19-24,42-43H,4,8-13H2,(H,35,36,45)(H,33,34,39,44)/t19-,20-,21-,22+,23-,24-,50?/m1/s1. The van der Waals surface area contributed by atoms with E-state index in [1.807, 2.05) is 12.1 Å². The van der Waals surface area contributed by atoms with Crippen LogP contribution in [0.5, 0.6) is 0 Å². The normalized spacial score (nSPS) is 24.3. The van der Waals surface area contributed by atoms with Crippen molar-refractivity contribution < 1.29 is 33.3 Å². The van der Waals surface area contributed by atoms with Crippen molar-refractivity contribution in [2.24, 2.45) is 11.8 Å². The molecule has 1 aliphatic carbocycles. The number of amides is 1. The molecule has 1 saturated heterocycles. The highest BCUT2D eigenvalue weighted by molar-refractivity contribution is 8.07. The molecule has 2 aliphatic rings. The summed E-state index contributed by atoms with van der Waals surface area (Å²) in [6, 6.07) is 10.5. The summed E-state index contributed by atoms with van der Waals surface area (Å²) < 4.78 is 28.0. The maximum Gasteiger partial charge on any atom is 0.327 e. The number of H-pyrrole nitrogens is 1. The van der Waals surface area contributed by atoms with Crippen LogP contribution in [-0.4, -0.2) is 93.8 Å². The largest absolute Gasteiger partial charge is 0.396 e. The van der Waals surface area contributed by atoms with Gasteiger partial charge in [0.15, 0.2) is 28.1 Å². The lowest BCUT2D eigenvalue weighted by atomic mass is 9.70. The number of aromatic nitrogens is 8. The van der Waals surface area contributed by atoms with Crippen LogP contribution >= 0.6 is 6.72 Å². The molecule has 18 nitrogen and oxygen atoms in total. The van der Waals surface area contributed by atoms with E-state index in [4.69, 9.17) is 35.4 Å². The van der Waals surface area contributed by atoms with Crippen molar-refractivity contribution >= 4 is 52.6 Å². The van der Waals surface area contributed by atoms with Crippen molar-refractivity contribution in [1.82, 2.24) is 39.0 Å². The van der Waals surface area contributed by atoms with Gasteiger partial charge in [0.1, 0.15) is 18.7 Å². The van der Waals surface area contributed by atoms with Gasteiger partial charge >= 0.3 is 6.72 Å². The Morgan fingerprint density at radius 3 is 2.63 bits per heavy atom. The number of nitriles is 1. The third-order valence-electron chi connectivity index (χ3n) is 9.05. The second-order valence-electron chi connectivity index (χ2n) is 12.0. The Morgan fingerprint density at radius 2 is 1.84 bits per heavy atom. The van der Waals surface area contributed by atoms with E-state index in [0.29, 0.717) is 28.8 Å². The van der Waals surface area contributed by atoms with Gasteiger partial charge in [-0.15, -0.1) is 0 Å². The zero-order chi connectivity index (χ0) is 35.5. The van der Waals surface area contributed by atoms with Crippen molar-refractivity contribution in [3.05, 3.63) is 71.6 Å². The molecule has 266 valence electrons. The molecule has 1 aliphatic heterocycles. The number of carbonyl (C=O) groups is 1. The molecule has 4 aromatic heterocycles. The Labute approximate surface area is 294 Å². The van der Waals surface area contributed by atoms with Crippen molar-refractivity contribution in [1.29, 1.82) is 5.26 Å². The van der Waals surface area contributed by atoms with E-state index in [1.165, 1.54) is 19.0 Å². The minimum Gasteiger partial charge on any atom is -0.396 e. The molecule has 7 rings (SSSR count). The second kappa shape index (κ2) is 15.0. The fraction of sp³-hybridized carbons (Fsp3) is 0.419. The average molecular weight is 737 g/mol. The van der Waals surface area contributed by atoms with E-state index < -0.39 is 31.8 Å². The molecule has 0 bridgehead atoms. The van der Waals surface area contributed by atoms with E-state index in [-0.39, 0.29) is 73.3 Å². The summed E-state index contributed by atoms with van der Waals surface area (Å²) in [5.41, 5.74) is 1.46. The van der Waals surface area contributed by atoms with Gasteiger partial charge in [0.2, 0.25) is 0 Å². The van der Waals surface area contributed by atoms with Crippen molar-refractivity contribution in [2.45, 2.75) is 43.7 Å². The highest BCUT2D eigenvalue weighted by Crippen LogP contribution is 2.56. The molecule has 0 radical (unpaired) electrons. The van der Waals surface area contributed by atoms with E-state index >= 15 is 0 Å². The van der Waals surface area contributed by atoms with Crippen LogP contribution < -0.4 is 10.9 Å². The number of rotatable bonds is 14. The molecule has 4 N–H and O–H groups in total. The smallest absolute Gasteiger partial charge is 0.327 e. The monoisotopic (exact) mass is 736 g/mol. The van der Waals surface area contributed by atoms with Crippen LogP contribution in [0.1, 0.15) is 41.9 Å². The Bertz CT molecular complexity index is 2170. The number of anilines is 1. The van der Waals surface area contributed by atoms with E-state index in [0.717, 1.165) is 0 Å². The number of nitrogens with one attached hydrogen (secondary N) is 2. The van der Waals surface area contributed by atoms with E-state index in [2.05, 4.69) is 35.2 Å². The predicted molar refractivity (Wildman–Crippen MR) is 182 cm³/mol. The third kappa shape index (κ3) is 7.05. The molecule has 1 aromatic carbocycles. The molecule has 2 fully saturated rings. The Morgan fingerprint density at radius 1 is 1.06 bits per heavy atom. The van der Waals surface area contributed by atoms with Gasteiger partial charge in [-0.05, 0) is 36.3 Å². The first-order valence-corrected chi connectivity index (χ1v) is 18.6. The quantitative estimate of drug-likeness (QED) is 0.0945. The van der Waals surface area contributed by atoms with Crippen molar-refractivity contribution in [3.63, 3.8) is 0 Å². The summed E-state index contributed by atoms with van der Waals surface area (Å²) in [6.07, 6.45) is 4.22. The van der Waals surface area contributed by atoms with Gasteiger partial charge in [-0.1, -0.05) is 18.2 Å². The minimum atomic E-state index is -3.51. The number of hydrogen-bond donors (Lipinski definition) is 4. The van der Waals surface area contributed by atoms with Crippen molar-refractivity contribution in [2.75, 3.05) is 31.7 Å². The lowest BCUT2D eigenvalue weighted by Crippen LogP contribution is -2.43. The number of ether oxygens (including phenoxy) is 1. The summed E-state index contributed by atoms with van der Waals surface area (Å²) in [5.74, 6) is -0.531. The molecule has 0 spiro atoms. The average Bonchev–Trinajstić information content (AvgIpc) is 3.86. The molecular weight excluding hydrogens is 703 g/mol. The van der Waals surface area contributed by atoms with Gasteiger partial charge < -0.3 is 43.4 Å². The van der Waals surface area contributed by atoms with E-state index in [1.54, 1.807) is 39.7 Å². The van der Waals surface area contributed by atoms with Crippen LogP contribution in [0.4, 0.5) is 5.82 Å². The van der Waals surface area contributed by atoms with Crippen LogP contribution in [0.15, 0.2) is 60.4 Å². The van der Waals surface area contributed by atoms with Gasteiger partial charge in [0.05, 0.1) is 57.4 Å². The fourth-order valence-electron chi connectivity index (χ4n) is 6.39. The van der Waals surface area contributed by atoms with Crippen LogP contribution in [-0.2, 0) is 30.1 Å². The molecular formula is C31H33N10O8PS. The zero-order valence-electron chi connectivity index (χ0n) is 26.9. The summed E-state index contributed by atoms with van der Waals surface area (Å²) >= 11 is 5.81. The van der Waals surface area contributed by atoms with Crippen LogP contribution in [0.3, 0.4) is 0 Å². The number of hydrogen-bond acceptors (Lipinski definition) is 15. The summed E-state index contributed by atoms with van der Waals surface area (Å²) in [6.45, 7) is -4.02. The van der Waals surface area contributed by atoms with Gasteiger partial charge in [-0.3, -0.25) is 14.2 Å². The molecule has 5 aromatic rings.